The van der Waals surface area contributed by atoms with Crippen molar-refractivity contribution < 1.29 is 27.9 Å². The molecule has 1 aliphatic rings. The van der Waals surface area contributed by atoms with Crippen LogP contribution in [0.25, 0.3) is 11.0 Å². The quantitative estimate of drug-likeness (QED) is 0.448. The fourth-order valence-electron chi connectivity index (χ4n) is 3.90. The Labute approximate surface area is 176 Å². The number of carbonyl (C=O) groups excluding carboxylic acids is 1. The summed E-state index contributed by atoms with van der Waals surface area (Å²) in [5.74, 6) is -1.46. The average molecular weight is 439 g/mol. The summed E-state index contributed by atoms with van der Waals surface area (Å²) in [6, 6.07) is 2.54. The number of fused-ring (bicyclic) bond motifs is 1. The molecule has 1 aromatic carbocycles. The van der Waals surface area contributed by atoms with E-state index in [1.54, 1.807) is 0 Å². The lowest BCUT2D eigenvalue weighted by Gasteiger charge is -2.38. The van der Waals surface area contributed by atoms with Gasteiger partial charge in [0, 0.05) is 44.6 Å². The molecular weight excluding hydrogens is 415 g/mol. The maximum Gasteiger partial charge on any atom is 0.418 e. The molecule has 0 saturated carbocycles. The highest BCUT2D eigenvalue weighted by Crippen LogP contribution is 2.37. The Balaban J connectivity index is 1.70. The minimum absolute atomic E-state index is 0.0501. The number of anilines is 1. The number of nitrogens with zero attached hydrogens (tertiary/aromatic N) is 3. The van der Waals surface area contributed by atoms with Gasteiger partial charge in [-0.05, 0) is 24.5 Å². The van der Waals surface area contributed by atoms with Crippen molar-refractivity contribution in [2.75, 3.05) is 31.1 Å². The molecule has 1 amide bonds. The Morgan fingerprint density at radius 1 is 1.16 bits per heavy atom. The highest BCUT2D eigenvalue weighted by molar-refractivity contribution is 5.93. The second-order valence-electron chi connectivity index (χ2n) is 7.70. The Hall–Kier alpha value is -2.95. The zero-order chi connectivity index (χ0) is 22.6. The van der Waals surface area contributed by atoms with Gasteiger partial charge in [-0.2, -0.15) is 13.2 Å². The van der Waals surface area contributed by atoms with Gasteiger partial charge in [0.15, 0.2) is 0 Å². The van der Waals surface area contributed by atoms with Crippen LogP contribution in [0.15, 0.2) is 24.5 Å². The van der Waals surface area contributed by atoms with E-state index in [0.29, 0.717) is 25.3 Å². The summed E-state index contributed by atoms with van der Waals surface area (Å²) < 4.78 is 40.1. The van der Waals surface area contributed by atoms with Crippen LogP contribution < -0.4 is 15.5 Å². The molecule has 168 valence electrons. The highest BCUT2D eigenvalue weighted by Gasteiger charge is 2.35. The summed E-state index contributed by atoms with van der Waals surface area (Å²) in [5, 5.41) is 14.4. The lowest BCUT2D eigenvalue weighted by atomic mass is 9.95. The van der Waals surface area contributed by atoms with E-state index in [2.05, 4.69) is 27.5 Å². The van der Waals surface area contributed by atoms with Crippen molar-refractivity contribution in [3.05, 3.63) is 30.1 Å². The third-order valence-corrected chi connectivity index (χ3v) is 5.10. The van der Waals surface area contributed by atoms with E-state index in [4.69, 9.17) is 5.11 Å². The largest absolute Gasteiger partial charge is 0.481 e. The Kier molecular flexibility index (Phi) is 6.94. The molecule has 1 aromatic heterocycles. The van der Waals surface area contributed by atoms with Crippen molar-refractivity contribution in [3.8, 4) is 0 Å². The van der Waals surface area contributed by atoms with Gasteiger partial charge < -0.3 is 20.6 Å². The summed E-state index contributed by atoms with van der Waals surface area (Å²) in [5.41, 5.74) is -0.164. The number of carbonyl (C=O) groups is 2. The molecule has 0 radical (unpaired) electrons. The number of hydrogen-bond acceptors (Lipinski definition) is 6. The van der Waals surface area contributed by atoms with Crippen molar-refractivity contribution >= 4 is 28.6 Å². The first-order valence-corrected chi connectivity index (χ1v) is 9.93. The van der Waals surface area contributed by atoms with Gasteiger partial charge in [0.05, 0.1) is 11.3 Å². The number of benzene rings is 1. The van der Waals surface area contributed by atoms with Gasteiger partial charge in [0.1, 0.15) is 17.5 Å². The zero-order valence-corrected chi connectivity index (χ0v) is 16.9. The van der Waals surface area contributed by atoms with Crippen LogP contribution in [0.4, 0.5) is 18.9 Å². The fraction of sp³-hybridized carbons (Fsp3) is 0.500. The molecule has 1 aliphatic heterocycles. The van der Waals surface area contributed by atoms with E-state index in [0.717, 1.165) is 12.5 Å². The SMILES string of the molecule is CC1CC(NCCNC(=O)CC(=O)O)CN(c2ccc(C(F)(F)F)c3nccnc23)C1. The Morgan fingerprint density at radius 3 is 2.55 bits per heavy atom. The molecule has 1 fully saturated rings. The summed E-state index contributed by atoms with van der Waals surface area (Å²) in [7, 11) is 0. The van der Waals surface area contributed by atoms with Crippen molar-refractivity contribution in [3.63, 3.8) is 0 Å². The molecule has 3 N–H and O–H groups in total. The molecule has 31 heavy (non-hydrogen) atoms. The lowest BCUT2D eigenvalue weighted by Crippen LogP contribution is -2.50. The monoisotopic (exact) mass is 439 g/mol. The minimum atomic E-state index is -4.52. The van der Waals surface area contributed by atoms with Crippen LogP contribution in [0.2, 0.25) is 0 Å². The van der Waals surface area contributed by atoms with E-state index in [1.165, 1.54) is 18.5 Å². The number of aliphatic carboxylic acids is 1. The van der Waals surface area contributed by atoms with Crippen LogP contribution in [-0.4, -0.2) is 59.2 Å². The molecular formula is C20H24F3N5O3. The molecule has 0 spiro atoms. The number of aromatic nitrogens is 2. The van der Waals surface area contributed by atoms with Gasteiger partial charge in [0.25, 0.3) is 0 Å². The molecule has 2 aromatic rings. The van der Waals surface area contributed by atoms with Gasteiger partial charge in [-0.15, -0.1) is 0 Å². The number of alkyl halides is 3. The number of piperidine rings is 1. The molecule has 3 rings (SSSR count). The lowest BCUT2D eigenvalue weighted by molar-refractivity contribution is -0.141. The van der Waals surface area contributed by atoms with Crippen molar-refractivity contribution in [2.24, 2.45) is 5.92 Å². The third-order valence-electron chi connectivity index (χ3n) is 5.10. The number of halogens is 3. The van der Waals surface area contributed by atoms with Gasteiger partial charge in [0.2, 0.25) is 5.91 Å². The molecule has 11 heteroatoms. The van der Waals surface area contributed by atoms with Gasteiger partial charge >= 0.3 is 12.1 Å². The smallest absolute Gasteiger partial charge is 0.418 e. The minimum Gasteiger partial charge on any atom is -0.481 e. The van der Waals surface area contributed by atoms with Crippen LogP contribution in [0.3, 0.4) is 0 Å². The highest BCUT2D eigenvalue weighted by atomic mass is 19.4. The van der Waals surface area contributed by atoms with Crippen LogP contribution in [0.1, 0.15) is 25.3 Å². The van der Waals surface area contributed by atoms with E-state index in [9.17, 15) is 22.8 Å². The van der Waals surface area contributed by atoms with Crippen LogP contribution in [0, 0.1) is 5.92 Å². The number of carboxylic acid groups (broad SMARTS) is 1. The van der Waals surface area contributed by atoms with Gasteiger partial charge in [-0.25, -0.2) is 0 Å². The van der Waals surface area contributed by atoms with Crippen molar-refractivity contribution in [1.29, 1.82) is 0 Å². The number of amides is 1. The predicted molar refractivity (Wildman–Crippen MR) is 108 cm³/mol. The topological polar surface area (TPSA) is 107 Å². The Bertz CT molecular complexity index is 953. The zero-order valence-electron chi connectivity index (χ0n) is 16.9. The first-order valence-electron chi connectivity index (χ1n) is 9.93. The summed E-state index contributed by atoms with van der Waals surface area (Å²) in [6.07, 6.45) is -1.59. The van der Waals surface area contributed by atoms with Gasteiger partial charge in [-0.1, -0.05) is 6.92 Å². The van der Waals surface area contributed by atoms with E-state index < -0.39 is 30.0 Å². The van der Waals surface area contributed by atoms with Crippen LogP contribution >= 0.6 is 0 Å². The second-order valence-corrected chi connectivity index (χ2v) is 7.70. The molecule has 2 unspecified atom stereocenters. The number of hydrogen-bond donors (Lipinski definition) is 3. The molecule has 2 heterocycles. The van der Waals surface area contributed by atoms with Crippen molar-refractivity contribution in [1.82, 2.24) is 20.6 Å². The summed E-state index contributed by atoms with van der Waals surface area (Å²) in [6.45, 7) is 4.03. The van der Waals surface area contributed by atoms with E-state index in [1.807, 2.05) is 4.90 Å². The molecule has 0 bridgehead atoms. The average Bonchev–Trinajstić information content (AvgIpc) is 2.68. The maximum absolute atomic E-state index is 13.4. The number of nitrogens with one attached hydrogen (secondary N) is 2. The standard InChI is InChI=1S/C20H24F3N5O3/c1-12-8-13(24-4-5-25-16(29)9-17(30)31)11-28(10-12)15-3-2-14(20(21,22)23)18-19(15)27-7-6-26-18/h2-3,6-7,12-13,24H,4-5,8-11H2,1H3,(H,25,29)(H,30,31). The predicted octanol–water partition coefficient (Wildman–Crippen LogP) is 2.04. The van der Waals surface area contributed by atoms with Gasteiger partial charge in [-0.3, -0.25) is 19.6 Å². The first-order chi connectivity index (χ1) is 14.6. The second kappa shape index (κ2) is 9.46. The number of rotatable bonds is 7. The van der Waals surface area contributed by atoms with E-state index >= 15 is 0 Å². The summed E-state index contributed by atoms with van der Waals surface area (Å²) >= 11 is 0. The molecule has 1 saturated heterocycles. The van der Waals surface area contributed by atoms with E-state index in [-0.39, 0.29) is 29.5 Å². The fourth-order valence-corrected chi connectivity index (χ4v) is 3.90. The first kappa shape index (κ1) is 22.7. The van der Waals surface area contributed by atoms with Crippen LogP contribution in [0.5, 0.6) is 0 Å². The third kappa shape index (κ3) is 5.81. The Morgan fingerprint density at radius 2 is 1.87 bits per heavy atom. The number of carboxylic acids is 1. The molecule has 8 nitrogen and oxygen atoms in total. The van der Waals surface area contributed by atoms with Crippen LogP contribution in [-0.2, 0) is 15.8 Å². The normalized spacial score (nSPS) is 19.4. The molecule has 0 aliphatic carbocycles. The summed E-state index contributed by atoms with van der Waals surface area (Å²) in [4.78, 5) is 32.0. The van der Waals surface area contributed by atoms with Crippen molar-refractivity contribution in [2.45, 2.75) is 32.0 Å². The maximum atomic E-state index is 13.4. The molecule has 2 atom stereocenters.